The molecule has 114 valence electrons. The quantitative estimate of drug-likeness (QED) is 0.754. The molecule has 22 heavy (non-hydrogen) atoms. The number of hydrogen-bond acceptors (Lipinski definition) is 3. The van der Waals surface area contributed by atoms with Crippen LogP contribution in [0, 0.1) is 6.08 Å². The zero-order chi connectivity index (χ0) is 15.0. The van der Waals surface area contributed by atoms with Gasteiger partial charge in [0, 0.05) is 32.1 Å². The van der Waals surface area contributed by atoms with E-state index in [9.17, 15) is 0 Å². The second-order valence-electron chi connectivity index (χ2n) is 5.51. The Bertz CT molecular complexity index is 554. The molecule has 3 nitrogen and oxygen atoms in total. The molecule has 0 aromatic heterocycles. The van der Waals surface area contributed by atoms with E-state index in [2.05, 4.69) is 41.3 Å². The van der Waals surface area contributed by atoms with Crippen LogP contribution in [0.1, 0.15) is 5.56 Å². The summed E-state index contributed by atoms with van der Waals surface area (Å²) in [4.78, 5) is 2.37. The van der Waals surface area contributed by atoms with Crippen LogP contribution in [0.5, 0.6) is 0 Å². The van der Waals surface area contributed by atoms with Gasteiger partial charge in [-0.3, -0.25) is 4.90 Å². The Morgan fingerprint density at radius 2 is 1.91 bits per heavy atom. The summed E-state index contributed by atoms with van der Waals surface area (Å²) in [6, 6.07) is 10.5. The monoisotopic (exact) mass is 296 g/mol. The summed E-state index contributed by atoms with van der Waals surface area (Å²) in [5.74, 6) is 0.894. The minimum absolute atomic E-state index is 0.714. The van der Waals surface area contributed by atoms with E-state index < -0.39 is 0 Å². The van der Waals surface area contributed by atoms with Crippen molar-refractivity contribution in [2.45, 2.75) is 6.42 Å². The van der Waals surface area contributed by atoms with Crippen molar-refractivity contribution in [3.8, 4) is 0 Å². The van der Waals surface area contributed by atoms with Gasteiger partial charge in [0.25, 0.3) is 0 Å². The number of allylic oxidation sites excluding steroid dienone is 5. The van der Waals surface area contributed by atoms with Crippen molar-refractivity contribution in [2.24, 2.45) is 0 Å². The predicted molar refractivity (Wildman–Crippen MR) is 87.3 cm³/mol. The van der Waals surface area contributed by atoms with Crippen molar-refractivity contribution in [3.63, 3.8) is 0 Å². The van der Waals surface area contributed by atoms with Crippen molar-refractivity contribution in [1.29, 1.82) is 0 Å². The third-order valence-electron chi connectivity index (χ3n) is 3.87. The van der Waals surface area contributed by atoms with Gasteiger partial charge in [0.2, 0.25) is 5.76 Å². The van der Waals surface area contributed by atoms with E-state index >= 15 is 0 Å². The van der Waals surface area contributed by atoms with E-state index in [0.717, 1.165) is 45.0 Å². The molecule has 1 aliphatic carbocycles. The summed E-state index contributed by atoms with van der Waals surface area (Å²) in [6.45, 7) is 5.35. The fourth-order valence-corrected chi connectivity index (χ4v) is 2.58. The molecule has 3 heteroatoms. The van der Waals surface area contributed by atoms with Gasteiger partial charge < -0.3 is 9.47 Å². The number of benzene rings is 1. The smallest absolute Gasteiger partial charge is 0.233 e. The summed E-state index contributed by atoms with van der Waals surface area (Å²) < 4.78 is 11.1. The van der Waals surface area contributed by atoms with Gasteiger partial charge in [-0.05, 0) is 5.56 Å². The van der Waals surface area contributed by atoms with E-state index in [1.54, 1.807) is 0 Å². The first-order valence-corrected chi connectivity index (χ1v) is 7.87. The Morgan fingerprint density at radius 1 is 1.09 bits per heavy atom. The lowest BCUT2D eigenvalue weighted by atomic mass is 10.0. The average molecular weight is 296 g/mol. The molecule has 2 aliphatic rings. The summed E-state index contributed by atoms with van der Waals surface area (Å²) >= 11 is 0. The lowest BCUT2D eigenvalue weighted by molar-refractivity contribution is 0.0281. The zero-order valence-electron chi connectivity index (χ0n) is 12.8. The van der Waals surface area contributed by atoms with Crippen LogP contribution in [0.4, 0.5) is 0 Å². The minimum Gasteiger partial charge on any atom is -0.433 e. The number of hydrogen-bond donors (Lipinski definition) is 0. The summed E-state index contributed by atoms with van der Waals surface area (Å²) in [5.41, 5.74) is 2.49. The highest BCUT2D eigenvalue weighted by Gasteiger charge is 2.13. The van der Waals surface area contributed by atoms with Crippen LogP contribution in [-0.4, -0.2) is 44.4 Å². The largest absolute Gasteiger partial charge is 0.433 e. The van der Waals surface area contributed by atoms with Gasteiger partial charge in [-0.25, -0.2) is 0 Å². The normalized spacial score (nSPS) is 18.4. The van der Waals surface area contributed by atoms with Crippen LogP contribution in [0.15, 0.2) is 59.9 Å². The van der Waals surface area contributed by atoms with Crippen molar-refractivity contribution in [2.75, 3.05) is 39.5 Å². The third-order valence-corrected chi connectivity index (χ3v) is 3.87. The van der Waals surface area contributed by atoms with Crippen LogP contribution in [0.25, 0.3) is 0 Å². The number of morpholine rings is 1. The second-order valence-corrected chi connectivity index (χ2v) is 5.51. The third kappa shape index (κ3) is 4.54. The molecule has 0 radical (unpaired) electrons. The van der Waals surface area contributed by atoms with Crippen LogP contribution in [-0.2, 0) is 15.9 Å². The van der Waals surface area contributed by atoms with Gasteiger partial charge in [-0.1, -0.05) is 30.3 Å². The lowest BCUT2D eigenvalue weighted by Gasteiger charge is -2.25. The van der Waals surface area contributed by atoms with Gasteiger partial charge >= 0.3 is 0 Å². The first kappa shape index (κ1) is 15.0. The van der Waals surface area contributed by atoms with Crippen molar-refractivity contribution >= 4 is 0 Å². The van der Waals surface area contributed by atoms with Gasteiger partial charge in [-0.15, -0.1) is 0 Å². The van der Waals surface area contributed by atoms with Crippen molar-refractivity contribution in [1.82, 2.24) is 4.90 Å². The molecule has 0 unspecified atom stereocenters. The number of rotatable bonds is 6. The van der Waals surface area contributed by atoms with Gasteiger partial charge in [0.15, 0.2) is 0 Å². The van der Waals surface area contributed by atoms with Crippen molar-refractivity contribution < 1.29 is 9.47 Å². The van der Waals surface area contributed by atoms with E-state index in [1.807, 2.05) is 18.2 Å². The van der Waals surface area contributed by atoms with Gasteiger partial charge in [0.1, 0.15) is 18.3 Å². The predicted octanol–water partition coefficient (Wildman–Crippen LogP) is 2.76. The molecule has 1 aliphatic heterocycles. The van der Waals surface area contributed by atoms with Gasteiger partial charge in [0.05, 0.1) is 25.4 Å². The Balaban J connectivity index is 1.43. The maximum Gasteiger partial charge on any atom is 0.233 e. The van der Waals surface area contributed by atoms with E-state index in [-0.39, 0.29) is 0 Å². The van der Waals surface area contributed by atoms with E-state index in [1.165, 1.54) is 11.1 Å². The van der Waals surface area contributed by atoms with Crippen molar-refractivity contribution in [3.05, 3.63) is 71.5 Å². The lowest BCUT2D eigenvalue weighted by Crippen LogP contribution is -2.38. The van der Waals surface area contributed by atoms with E-state index in [0.29, 0.717) is 6.61 Å². The molecule has 1 aromatic carbocycles. The zero-order valence-corrected chi connectivity index (χ0v) is 12.8. The Labute approximate surface area is 132 Å². The maximum atomic E-state index is 5.80. The SMILES string of the molecule is [C+]1=C(Cc2ccccc2)C=CC(OCCN2CCOCC2)=C1. The minimum atomic E-state index is 0.714. The standard InChI is InChI=1S/C19H22NO2/c1-2-4-17(5-3-1)16-18-6-8-19(9-7-18)22-15-12-20-10-13-21-14-11-20/h1-6,8-9H,10-16H2/q+1. The molecule has 0 saturated carbocycles. The van der Waals surface area contributed by atoms with Crippen LogP contribution < -0.4 is 0 Å². The van der Waals surface area contributed by atoms with Gasteiger partial charge in [-0.2, -0.15) is 0 Å². The molecule has 0 N–H and O–H groups in total. The highest BCUT2D eigenvalue weighted by Crippen LogP contribution is 2.15. The number of ether oxygens (including phenoxy) is 2. The molecule has 3 rings (SSSR count). The van der Waals surface area contributed by atoms with E-state index in [4.69, 9.17) is 9.47 Å². The first-order chi connectivity index (χ1) is 10.9. The molecule has 0 spiro atoms. The Morgan fingerprint density at radius 3 is 2.64 bits per heavy atom. The summed E-state index contributed by atoms with van der Waals surface area (Å²) in [6.07, 6.45) is 10.3. The summed E-state index contributed by atoms with van der Waals surface area (Å²) in [7, 11) is 0. The number of nitrogens with zero attached hydrogens (tertiary/aromatic N) is 1. The summed E-state index contributed by atoms with van der Waals surface area (Å²) in [5, 5.41) is 0. The fourth-order valence-electron chi connectivity index (χ4n) is 2.58. The molecule has 0 amide bonds. The molecule has 1 saturated heterocycles. The molecular weight excluding hydrogens is 274 g/mol. The average Bonchev–Trinajstić information content (AvgIpc) is 2.58. The van der Waals surface area contributed by atoms with Crippen LogP contribution in [0.3, 0.4) is 0 Å². The maximum absolute atomic E-state index is 5.80. The van der Waals surface area contributed by atoms with Crippen LogP contribution in [0.2, 0.25) is 0 Å². The molecule has 1 heterocycles. The fraction of sp³-hybridized carbons (Fsp3) is 0.368. The molecule has 0 bridgehead atoms. The topological polar surface area (TPSA) is 21.7 Å². The second kappa shape index (κ2) is 7.90. The van der Waals surface area contributed by atoms with Crippen LogP contribution >= 0.6 is 0 Å². The molecule has 0 atom stereocenters. The Hall–Kier alpha value is -1.93. The highest BCUT2D eigenvalue weighted by molar-refractivity contribution is 5.36. The highest BCUT2D eigenvalue weighted by atomic mass is 16.5. The Kier molecular flexibility index (Phi) is 5.38. The molecular formula is C19H22NO2+. The molecule has 1 aromatic rings. The first-order valence-electron chi connectivity index (χ1n) is 7.87. The molecule has 1 fully saturated rings.